The van der Waals surface area contributed by atoms with Crippen LogP contribution in [0.25, 0.3) is 0 Å². The molecule has 0 spiro atoms. The van der Waals surface area contributed by atoms with Crippen molar-refractivity contribution in [1.29, 1.82) is 0 Å². The minimum Gasteiger partial charge on any atom is -0.480 e. The summed E-state index contributed by atoms with van der Waals surface area (Å²) in [4.78, 5) is 34.7. The molecule has 0 bridgehead atoms. The van der Waals surface area contributed by atoms with Crippen molar-refractivity contribution >= 4 is 18.2 Å². The number of carbonyl (C=O) groups is 3. The minimum atomic E-state index is -1.04. The Hall–Kier alpha value is -2.17. The molecule has 2 aliphatic rings. The molecule has 0 heterocycles. The van der Waals surface area contributed by atoms with Gasteiger partial charge in [-0.25, -0.2) is 4.79 Å². The highest BCUT2D eigenvalue weighted by molar-refractivity contribution is 6.03. The van der Waals surface area contributed by atoms with Crippen LogP contribution < -0.4 is 5.32 Å². The molecular formula is C17H21NO4. The molecule has 0 saturated heterocycles. The molecule has 2 aliphatic carbocycles. The molecule has 118 valence electrons. The zero-order chi connectivity index (χ0) is 15.9. The Morgan fingerprint density at radius 1 is 1.36 bits per heavy atom. The number of hydrogen-bond acceptors (Lipinski definition) is 3. The van der Waals surface area contributed by atoms with Crippen LogP contribution in [-0.2, 0) is 14.4 Å². The molecule has 1 amide bonds. The number of carboxylic acid groups (broad SMARTS) is 1. The third-order valence-corrected chi connectivity index (χ3v) is 4.09. The smallest absolute Gasteiger partial charge is 0.326 e. The van der Waals surface area contributed by atoms with E-state index in [1.807, 2.05) is 12.2 Å². The van der Waals surface area contributed by atoms with Crippen LogP contribution in [0.2, 0.25) is 0 Å². The van der Waals surface area contributed by atoms with Gasteiger partial charge in [0.25, 0.3) is 5.91 Å². The Morgan fingerprint density at radius 2 is 2.18 bits per heavy atom. The summed E-state index contributed by atoms with van der Waals surface area (Å²) in [5, 5.41) is 11.9. The van der Waals surface area contributed by atoms with Crippen molar-refractivity contribution in [3.8, 4) is 0 Å². The Bertz CT molecular complexity index is 545. The van der Waals surface area contributed by atoms with Crippen molar-refractivity contribution in [3.63, 3.8) is 0 Å². The number of carbonyl (C=O) groups excluding carboxylic acids is 2. The normalized spacial score (nSPS) is 22.3. The quantitative estimate of drug-likeness (QED) is 0.582. The van der Waals surface area contributed by atoms with Gasteiger partial charge in [0.15, 0.2) is 0 Å². The molecule has 2 rings (SSSR count). The van der Waals surface area contributed by atoms with E-state index in [9.17, 15) is 19.5 Å². The first-order valence-electron chi connectivity index (χ1n) is 7.67. The van der Waals surface area contributed by atoms with Crippen molar-refractivity contribution in [2.24, 2.45) is 5.92 Å². The van der Waals surface area contributed by atoms with Crippen LogP contribution >= 0.6 is 0 Å². The maximum Gasteiger partial charge on any atom is 0.326 e. The van der Waals surface area contributed by atoms with Gasteiger partial charge in [0.05, 0.1) is 0 Å². The molecule has 0 fully saturated rings. The standard InChI is InChI=1S/C17H21NO4/c19-11-13-8-4-5-9-14(13)16(20)18-15(17(21)22)10-12-6-2-1-3-7-12/h2,5-6,9,11-12,15H,1,3-4,7-8,10H2,(H,18,20)(H,21,22). The van der Waals surface area contributed by atoms with Crippen molar-refractivity contribution in [2.75, 3.05) is 0 Å². The first-order valence-corrected chi connectivity index (χ1v) is 7.67. The van der Waals surface area contributed by atoms with Gasteiger partial charge in [0.1, 0.15) is 12.3 Å². The van der Waals surface area contributed by atoms with Crippen LogP contribution in [0.4, 0.5) is 0 Å². The van der Waals surface area contributed by atoms with E-state index >= 15 is 0 Å². The van der Waals surface area contributed by atoms with Crippen LogP contribution in [0, 0.1) is 5.92 Å². The fourth-order valence-electron chi connectivity index (χ4n) is 2.87. The topological polar surface area (TPSA) is 83.5 Å². The lowest BCUT2D eigenvalue weighted by molar-refractivity contribution is -0.141. The summed E-state index contributed by atoms with van der Waals surface area (Å²) in [6.07, 6.45) is 12.8. The van der Waals surface area contributed by atoms with Crippen molar-refractivity contribution in [2.45, 2.75) is 44.6 Å². The zero-order valence-electron chi connectivity index (χ0n) is 12.5. The minimum absolute atomic E-state index is 0.177. The molecule has 0 aromatic rings. The molecule has 0 aromatic heterocycles. The second-order valence-corrected chi connectivity index (χ2v) is 5.72. The second-order valence-electron chi connectivity index (χ2n) is 5.72. The highest BCUT2D eigenvalue weighted by Gasteiger charge is 2.26. The number of aldehydes is 1. The van der Waals surface area contributed by atoms with Gasteiger partial charge in [-0.05, 0) is 44.4 Å². The van der Waals surface area contributed by atoms with Crippen molar-refractivity contribution < 1.29 is 19.5 Å². The average molecular weight is 303 g/mol. The Morgan fingerprint density at radius 3 is 2.82 bits per heavy atom. The third-order valence-electron chi connectivity index (χ3n) is 4.09. The number of hydrogen-bond donors (Lipinski definition) is 2. The van der Waals surface area contributed by atoms with Gasteiger partial charge in [0, 0.05) is 11.1 Å². The molecule has 2 N–H and O–H groups in total. The summed E-state index contributed by atoms with van der Waals surface area (Å²) in [5.41, 5.74) is 0.716. The summed E-state index contributed by atoms with van der Waals surface area (Å²) in [6.45, 7) is 0. The van der Waals surface area contributed by atoms with E-state index in [4.69, 9.17) is 0 Å². The molecule has 0 radical (unpaired) electrons. The van der Waals surface area contributed by atoms with Gasteiger partial charge in [-0.15, -0.1) is 0 Å². The molecule has 2 unspecified atom stereocenters. The molecule has 2 atom stereocenters. The van der Waals surface area contributed by atoms with E-state index in [2.05, 4.69) is 11.4 Å². The first kappa shape index (κ1) is 16.2. The number of amides is 1. The van der Waals surface area contributed by atoms with Gasteiger partial charge in [-0.3, -0.25) is 9.59 Å². The molecular weight excluding hydrogens is 282 g/mol. The van der Waals surface area contributed by atoms with Gasteiger partial charge in [-0.2, -0.15) is 0 Å². The number of nitrogens with one attached hydrogen (secondary N) is 1. The molecule has 22 heavy (non-hydrogen) atoms. The van der Waals surface area contributed by atoms with Crippen LogP contribution in [-0.4, -0.2) is 29.3 Å². The predicted octanol–water partition coefficient (Wildman–Crippen LogP) is 2.15. The Labute approximate surface area is 129 Å². The molecule has 5 heteroatoms. The van der Waals surface area contributed by atoms with Crippen LogP contribution in [0.3, 0.4) is 0 Å². The summed E-state index contributed by atoms with van der Waals surface area (Å²) >= 11 is 0. The Balaban J connectivity index is 2.05. The van der Waals surface area contributed by atoms with Crippen molar-refractivity contribution in [3.05, 3.63) is 35.5 Å². The molecule has 0 aromatic carbocycles. The zero-order valence-corrected chi connectivity index (χ0v) is 12.5. The fraction of sp³-hybridized carbons (Fsp3) is 0.471. The highest BCUT2D eigenvalue weighted by Crippen LogP contribution is 2.22. The molecule has 0 aliphatic heterocycles. The average Bonchev–Trinajstić information content (AvgIpc) is 2.55. The van der Waals surface area contributed by atoms with Gasteiger partial charge in [-0.1, -0.05) is 24.3 Å². The van der Waals surface area contributed by atoms with E-state index in [0.717, 1.165) is 25.7 Å². The highest BCUT2D eigenvalue weighted by atomic mass is 16.4. The summed E-state index contributed by atoms with van der Waals surface area (Å²) in [7, 11) is 0. The monoisotopic (exact) mass is 303 g/mol. The lowest BCUT2D eigenvalue weighted by Crippen LogP contribution is -2.42. The van der Waals surface area contributed by atoms with Gasteiger partial charge in [0.2, 0.25) is 0 Å². The molecule has 5 nitrogen and oxygen atoms in total. The number of allylic oxidation sites excluding steroid dienone is 4. The van der Waals surface area contributed by atoms with Crippen LogP contribution in [0.5, 0.6) is 0 Å². The summed E-state index contributed by atoms with van der Waals surface area (Å²) in [6, 6.07) is -0.934. The number of aliphatic carboxylic acids is 1. The largest absolute Gasteiger partial charge is 0.480 e. The number of carboxylic acids is 1. The predicted molar refractivity (Wildman–Crippen MR) is 82.1 cm³/mol. The summed E-state index contributed by atoms with van der Waals surface area (Å²) < 4.78 is 0. The van der Waals surface area contributed by atoms with E-state index < -0.39 is 17.9 Å². The van der Waals surface area contributed by atoms with Crippen molar-refractivity contribution in [1.82, 2.24) is 5.32 Å². The van der Waals surface area contributed by atoms with E-state index in [1.165, 1.54) is 0 Å². The molecule has 0 saturated carbocycles. The fourth-order valence-corrected chi connectivity index (χ4v) is 2.87. The van der Waals surface area contributed by atoms with Crippen LogP contribution in [0.15, 0.2) is 35.5 Å². The maximum atomic E-state index is 12.3. The SMILES string of the molecule is O=CC1=C(C(=O)NC(CC2C=CCCC2)C(=O)O)C=CCC1. The second kappa shape index (κ2) is 7.73. The first-order chi connectivity index (χ1) is 10.6. The van der Waals surface area contributed by atoms with E-state index in [1.54, 1.807) is 6.08 Å². The lowest BCUT2D eigenvalue weighted by Gasteiger charge is -2.22. The van der Waals surface area contributed by atoms with E-state index in [0.29, 0.717) is 24.7 Å². The van der Waals surface area contributed by atoms with Crippen LogP contribution in [0.1, 0.15) is 38.5 Å². The van der Waals surface area contributed by atoms with E-state index in [-0.39, 0.29) is 11.5 Å². The Kier molecular flexibility index (Phi) is 5.69. The number of rotatable bonds is 6. The lowest BCUT2D eigenvalue weighted by atomic mass is 9.89. The maximum absolute atomic E-state index is 12.3. The van der Waals surface area contributed by atoms with Gasteiger partial charge < -0.3 is 10.4 Å². The summed E-state index contributed by atoms with van der Waals surface area (Å²) in [5.74, 6) is -1.35. The van der Waals surface area contributed by atoms with Gasteiger partial charge >= 0.3 is 5.97 Å². The third kappa shape index (κ3) is 4.16.